The summed E-state index contributed by atoms with van der Waals surface area (Å²) in [5.74, 6) is -0.0660. The average molecular weight is 259 g/mol. The van der Waals surface area contributed by atoms with E-state index < -0.39 is 0 Å². The summed E-state index contributed by atoms with van der Waals surface area (Å²) in [6.07, 6.45) is 3.33. The monoisotopic (exact) mass is 259 g/mol. The van der Waals surface area contributed by atoms with Crippen LogP contribution in [0.2, 0.25) is 0 Å². The second-order valence-electron chi connectivity index (χ2n) is 4.73. The Morgan fingerprint density at radius 1 is 1.58 bits per heavy atom. The lowest BCUT2D eigenvalue weighted by atomic mass is 9.97. The van der Waals surface area contributed by atoms with Gasteiger partial charge >= 0.3 is 5.97 Å². The Balaban J connectivity index is 1.89. The maximum Gasteiger partial charge on any atom is 0.308 e. The molecule has 0 saturated carbocycles. The lowest BCUT2D eigenvalue weighted by Crippen LogP contribution is -2.36. The van der Waals surface area contributed by atoms with E-state index in [0.29, 0.717) is 5.69 Å². The predicted octanol–water partition coefficient (Wildman–Crippen LogP) is 1.34. The van der Waals surface area contributed by atoms with Crippen LogP contribution in [0.25, 0.3) is 0 Å². The zero-order chi connectivity index (χ0) is 13.7. The van der Waals surface area contributed by atoms with Crippen molar-refractivity contribution in [3.63, 3.8) is 0 Å². The van der Waals surface area contributed by atoms with Crippen molar-refractivity contribution in [3.05, 3.63) is 29.6 Å². The summed E-state index contributed by atoms with van der Waals surface area (Å²) >= 11 is 0. The number of likely N-dealkylation sites (tertiary alicyclic amines) is 1. The molecule has 0 radical (unpaired) electrons. The predicted molar refractivity (Wildman–Crippen MR) is 69.0 cm³/mol. The minimum Gasteiger partial charge on any atom is -0.469 e. The number of nitrogens with zero attached hydrogens (tertiary/aromatic N) is 3. The molecule has 0 aliphatic carbocycles. The molecule has 0 spiro atoms. The fraction of sp³-hybridized carbons (Fsp3) is 0.500. The van der Waals surface area contributed by atoms with Crippen molar-refractivity contribution in [2.75, 3.05) is 20.2 Å². The fourth-order valence-corrected chi connectivity index (χ4v) is 2.39. The summed E-state index contributed by atoms with van der Waals surface area (Å²) in [5.41, 5.74) is 1.53. The number of pyridine rings is 1. The van der Waals surface area contributed by atoms with Gasteiger partial charge in [0.15, 0.2) is 0 Å². The van der Waals surface area contributed by atoms with E-state index in [4.69, 9.17) is 10.00 Å². The van der Waals surface area contributed by atoms with Crippen molar-refractivity contribution in [3.8, 4) is 6.07 Å². The van der Waals surface area contributed by atoms with Crippen LogP contribution in [0.15, 0.2) is 18.3 Å². The van der Waals surface area contributed by atoms with Crippen LogP contribution in [0, 0.1) is 17.2 Å². The summed E-state index contributed by atoms with van der Waals surface area (Å²) < 4.78 is 4.77. The van der Waals surface area contributed by atoms with E-state index in [1.807, 2.05) is 18.2 Å². The zero-order valence-electron chi connectivity index (χ0n) is 11.0. The van der Waals surface area contributed by atoms with Crippen LogP contribution in [0.1, 0.15) is 24.1 Å². The molecule has 1 fully saturated rings. The smallest absolute Gasteiger partial charge is 0.308 e. The molecule has 0 bridgehead atoms. The molecule has 2 heterocycles. The van der Waals surface area contributed by atoms with Gasteiger partial charge in [0.25, 0.3) is 0 Å². The van der Waals surface area contributed by atoms with Gasteiger partial charge in [0.2, 0.25) is 0 Å². The molecule has 1 aliphatic heterocycles. The Kier molecular flexibility index (Phi) is 4.48. The summed E-state index contributed by atoms with van der Waals surface area (Å²) in [6, 6.07) is 5.78. The minimum absolute atomic E-state index is 0.0355. The van der Waals surface area contributed by atoms with Gasteiger partial charge in [-0.2, -0.15) is 5.26 Å². The molecule has 1 aliphatic rings. The third-order valence-electron chi connectivity index (χ3n) is 3.47. The Hall–Kier alpha value is -1.93. The van der Waals surface area contributed by atoms with Crippen molar-refractivity contribution in [2.45, 2.75) is 19.4 Å². The maximum atomic E-state index is 11.4. The standard InChI is InChI=1S/C14H17N3O2/c1-19-14(18)12-3-6-17(7-4-12)10-11-2-5-16-13(8-11)9-15/h2,5,8,12H,3-4,6-7,10H2,1H3. The van der Waals surface area contributed by atoms with Crippen LogP contribution in [0.4, 0.5) is 0 Å². The first-order valence-corrected chi connectivity index (χ1v) is 6.38. The number of hydrogen-bond acceptors (Lipinski definition) is 5. The third-order valence-corrected chi connectivity index (χ3v) is 3.47. The van der Waals surface area contributed by atoms with E-state index in [1.54, 1.807) is 6.20 Å². The number of aromatic nitrogens is 1. The lowest BCUT2D eigenvalue weighted by molar-refractivity contribution is -0.147. The molecule has 0 N–H and O–H groups in total. The molecular weight excluding hydrogens is 242 g/mol. The van der Waals surface area contributed by atoms with Gasteiger partial charge in [0.05, 0.1) is 13.0 Å². The van der Waals surface area contributed by atoms with Gasteiger partial charge in [-0.05, 0) is 43.6 Å². The first-order chi connectivity index (χ1) is 9.22. The number of esters is 1. The van der Waals surface area contributed by atoms with E-state index in [1.165, 1.54) is 7.11 Å². The molecular formula is C14H17N3O2. The summed E-state index contributed by atoms with van der Waals surface area (Å²) in [7, 11) is 1.44. The van der Waals surface area contributed by atoms with Gasteiger partial charge in [-0.3, -0.25) is 9.69 Å². The number of hydrogen-bond donors (Lipinski definition) is 0. The van der Waals surface area contributed by atoms with E-state index >= 15 is 0 Å². The van der Waals surface area contributed by atoms with Crippen molar-refractivity contribution >= 4 is 5.97 Å². The van der Waals surface area contributed by atoms with Crippen LogP contribution < -0.4 is 0 Å². The molecule has 0 amide bonds. The van der Waals surface area contributed by atoms with Gasteiger partial charge in [0, 0.05) is 12.7 Å². The molecule has 1 saturated heterocycles. The van der Waals surface area contributed by atoms with Crippen LogP contribution in [0.3, 0.4) is 0 Å². The quantitative estimate of drug-likeness (QED) is 0.766. The Bertz CT molecular complexity index is 488. The molecule has 0 aromatic carbocycles. The molecule has 19 heavy (non-hydrogen) atoms. The highest BCUT2D eigenvalue weighted by molar-refractivity contribution is 5.72. The van der Waals surface area contributed by atoms with Gasteiger partial charge in [0.1, 0.15) is 11.8 Å². The summed E-state index contributed by atoms with van der Waals surface area (Å²) in [4.78, 5) is 17.7. The molecule has 5 nitrogen and oxygen atoms in total. The molecule has 1 aromatic heterocycles. The molecule has 100 valence electrons. The molecule has 1 aromatic rings. The SMILES string of the molecule is COC(=O)C1CCN(Cc2ccnc(C#N)c2)CC1. The second kappa shape index (κ2) is 6.30. The number of carbonyl (C=O) groups is 1. The van der Waals surface area contributed by atoms with Crippen molar-refractivity contribution in [1.29, 1.82) is 5.26 Å². The molecule has 5 heteroatoms. The van der Waals surface area contributed by atoms with E-state index in [2.05, 4.69) is 9.88 Å². The minimum atomic E-state index is -0.102. The molecule has 0 unspecified atom stereocenters. The number of ether oxygens (including phenoxy) is 1. The summed E-state index contributed by atoms with van der Waals surface area (Å²) in [5, 5.41) is 8.81. The number of nitriles is 1. The van der Waals surface area contributed by atoms with Crippen molar-refractivity contribution in [2.24, 2.45) is 5.92 Å². The Morgan fingerprint density at radius 2 is 2.32 bits per heavy atom. The first kappa shape index (κ1) is 13.5. The highest BCUT2D eigenvalue weighted by Crippen LogP contribution is 2.20. The first-order valence-electron chi connectivity index (χ1n) is 6.38. The molecule has 2 rings (SSSR count). The van der Waals surface area contributed by atoms with E-state index in [0.717, 1.165) is 38.0 Å². The second-order valence-corrected chi connectivity index (χ2v) is 4.73. The highest BCUT2D eigenvalue weighted by Gasteiger charge is 2.25. The zero-order valence-corrected chi connectivity index (χ0v) is 11.0. The summed E-state index contributed by atoms with van der Waals surface area (Å²) in [6.45, 7) is 2.55. The third kappa shape index (κ3) is 3.52. The maximum absolute atomic E-state index is 11.4. The van der Waals surface area contributed by atoms with Crippen LogP contribution in [0.5, 0.6) is 0 Å². The number of rotatable bonds is 3. The Morgan fingerprint density at radius 3 is 2.95 bits per heavy atom. The van der Waals surface area contributed by atoms with E-state index in [9.17, 15) is 4.79 Å². The van der Waals surface area contributed by atoms with Crippen LogP contribution in [-0.4, -0.2) is 36.1 Å². The largest absolute Gasteiger partial charge is 0.469 e. The van der Waals surface area contributed by atoms with Crippen molar-refractivity contribution < 1.29 is 9.53 Å². The number of piperidine rings is 1. The number of carbonyl (C=O) groups excluding carboxylic acids is 1. The average Bonchev–Trinajstić information content (AvgIpc) is 2.47. The highest BCUT2D eigenvalue weighted by atomic mass is 16.5. The van der Waals surface area contributed by atoms with Gasteiger partial charge in [-0.1, -0.05) is 0 Å². The fourth-order valence-electron chi connectivity index (χ4n) is 2.39. The number of methoxy groups -OCH3 is 1. The Labute approximate surface area is 112 Å². The van der Waals surface area contributed by atoms with Gasteiger partial charge in [-0.25, -0.2) is 4.98 Å². The molecule has 0 atom stereocenters. The van der Waals surface area contributed by atoms with Crippen LogP contribution >= 0.6 is 0 Å². The van der Waals surface area contributed by atoms with E-state index in [-0.39, 0.29) is 11.9 Å². The lowest BCUT2D eigenvalue weighted by Gasteiger charge is -2.30. The van der Waals surface area contributed by atoms with Gasteiger partial charge in [-0.15, -0.1) is 0 Å². The topological polar surface area (TPSA) is 66.2 Å². The van der Waals surface area contributed by atoms with Crippen molar-refractivity contribution in [1.82, 2.24) is 9.88 Å². The normalized spacial score (nSPS) is 16.8. The van der Waals surface area contributed by atoms with Gasteiger partial charge < -0.3 is 4.74 Å². The van der Waals surface area contributed by atoms with Crippen LogP contribution in [-0.2, 0) is 16.1 Å².